The van der Waals surface area contributed by atoms with Crippen LogP contribution in [0.25, 0.3) is 16.2 Å². The van der Waals surface area contributed by atoms with Crippen LogP contribution in [0.4, 0.5) is 0 Å². The Labute approximate surface area is 139 Å². The number of rotatable bonds is 5. The van der Waals surface area contributed by atoms with E-state index in [0.29, 0.717) is 23.9 Å². The molecule has 0 N–H and O–H groups in total. The van der Waals surface area contributed by atoms with Crippen LogP contribution in [-0.2, 0) is 11.3 Å². The van der Waals surface area contributed by atoms with E-state index >= 15 is 0 Å². The summed E-state index contributed by atoms with van der Waals surface area (Å²) in [7, 11) is 1.62. The molecule has 0 aliphatic carbocycles. The topological polar surface area (TPSA) is 63.2 Å². The van der Waals surface area contributed by atoms with Gasteiger partial charge in [-0.25, -0.2) is 4.98 Å². The fourth-order valence-electron chi connectivity index (χ4n) is 2.48. The van der Waals surface area contributed by atoms with E-state index in [4.69, 9.17) is 4.74 Å². The van der Waals surface area contributed by atoms with Gasteiger partial charge in [-0.05, 0) is 17.9 Å². The molecule has 2 heterocycles. The van der Waals surface area contributed by atoms with E-state index in [2.05, 4.69) is 42.1 Å². The van der Waals surface area contributed by atoms with E-state index < -0.39 is 0 Å². The molecule has 1 atom stereocenters. The van der Waals surface area contributed by atoms with Gasteiger partial charge in [0.2, 0.25) is 4.96 Å². The van der Waals surface area contributed by atoms with Crippen molar-refractivity contribution >= 4 is 16.3 Å². The van der Waals surface area contributed by atoms with Gasteiger partial charge in [0.15, 0.2) is 5.69 Å². The van der Waals surface area contributed by atoms with E-state index in [1.165, 1.54) is 16.9 Å². The van der Waals surface area contributed by atoms with Crippen molar-refractivity contribution in [2.24, 2.45) is 0 Å². The summed E-state index contributed by atoms with van der Waals surface area (Å²) in [5.74, 6) is 0.531. The van der Waals surface area contributed by atoms with E-state index in [0.717, 1.165) is 22.0 Å². The third-order valence-electron chi connectivity index (χ3n) is 3.98. The van der Waals surface area contributed by atoms with Gasteiger partial charge in [0.05, 0.1) is 6.61 Å². The minimum atomic E-state index is 0.428. The number of methoxy groups -OCH3 is 1. The van der Waals surface area contributed by atoms with Crippen LogP contribution in [-0.4, -0.2) is 21.7 Å². The summed E-state index contributed by atoms with van der Waals surface area (Å²) < 4.78 is 6.69. The van der Waals surface area contributed by atoms with Crippen LogP contribution in [0, 0.1) is 11.3 Å². The summed E-state index contributed by atoms with van der Waals surface area (Å²) in [4.78, 5) is 5.31. The van der Waals surface area contributed by atoms with Gasteiger partial charge in [-0.2, -0.15) is 14.9 Å². The number of aromatic nitrogens is 3. The first-order valence-corrected chi connectivity index (χ1v) is 8.37. The average Bonchev–Trinajstić information content (AvgIpc) is 3.11. The lowest BCUT2D eigenvalue weighted by Crippen LogP contribution is -1.94. The van der Waals surface area contributed by atoms with Gasteiger partial charge in [-0.15, -0.1) is 0 Å². The first-order chi connectivity index (χ1) is 11.2. The maximum atomic E-state index is 9.51. The van der Waals surface area contributed by atoms with Gasteiger partial charge in [0, 0.05) is 12.7 Å². The summed E-state index contributed by atoms with van der Waals surface area (Å²) in [6.45, 7) is 4.82. The number of fused-ring (bicyclic) bond motifs is 1. The van der Waals surface area contributed by atoms with E-state index in [9.17, 15) is 5.26 Å². The molecule has 0 amide bonds. The Kier molecular flexibility index (Phi) is 4.42. The standard InChI is InChI=1S/C17H18N4OS/c1-4-11(2)12-5-7-13(8-6-12)16-14(9-18)21-17(19-16)23-15(20-21)10-22-3/h5-8,11H,4,10H2,1-3H3. The minimum Gasteiger partial charge on any atom is -0.377 e. The fraction of sp³-hybridized carbons (Fsp3) is 0.353. The summed E-state index contributed by atoms with van der Waals surface area (Å²) in [5, 5.41) is 14.7. The van der Waals surface area contributed by atoms with Crippen molar-refractivity contribution in [1.29, 1.82) is 5.26 Å². The molecular weight excluding hydrogens is 308 g/mol. The normalized spacial score (nSPS) is 12.4. The van der Waals surface area contributed by atoms with Crippen LogP contribution in [0.15, 0.2) is 24.3 Å². The van der Waals surface area contributed by atoms with Crippen molar-refractivity contribution in [3.8, 4) is 17.3 Å². The molecule has 0 bridgehead atoms. The Bertz CT molecular complexity index is 857. The van der Waals surface area contributed by atoms with Crippen molar-refractivity contribution < 1.29 is 4.74 Å². The Hall–Kier alpha value is -2.23. The van der Waals surface area contributed by atoms with Gasteiger partial charge in [0.25, 0.3) is 0 Å². The molecule has 0 saturated carbocycles. The molecule has 3 aromatic rings. The highest BCUT2D eigenvalue weighted by Gasteiger charge is 2.18. The second-order valence-corrected chi connectivity index (χ2v) is 6.52. The first-order valence-electron chi connectivity index (χ1n) is 7.55. The molecule has 1 unspecified atom stereocenters. The SMILES string of the molecule is CCC(C)c1ccc(-c2nc3sc(COC)nn3c2C#N)cc1. The van der Waals surface area contributed by atoms with Crippen molar-refractivity contribution in [3.05, 3.63) is 40.5 Å². The molecule has 0 fully saturated rings. The minimum absolute atomic E-state index is 0.428. The third-order valence-corrected chi connectivity index (χ3v) is 4.87. The Morgan fingerprint density at radius 3 is 2.70 bits per heavy atom. The maximum Gasteiger partial charge on any atom is 0.214 e. The molecule has 0 radical (unpaired) electrons. The monoisotopic (exact) mass is 326 g/mol. The molecule has 0 aliphatic heterocycles. The molecule has 118 valence electrons. The number of nitrogens with zero attached hydrogens (tertiary/aromatic N) is 4. The van der Waals surface area contributed by atoms with Crippen molar-refractivity contribution in [3.63, 3.8) is 0 Å². The number of imidazole rings is 1. The third kappa shape index (κ3) is 2.85. The molecule has 0 aliphatic rings. The highest BCUT2D eigenvalue weighted by Crippen LogP contribution is 2.28. The Morgan fingerprint density at radius 2 is 2.09 bits per heavy atom. The summed E-state index contributed by atoms with van der Waals surface area (Å²) in [5.41, 5.74) is 3.40. The number of hydrogen-bond donors (Lipinski definition) is 0. The summed E-state index contributed by atoms with van der Waals surface area (Å²) in [6.07, 6.45) is 1.11. The average molecular weight is 326 g/mol. The van der Waals surface area contributed by atoms with Crippen LogP contribution in [0.5, 0.6) is 0 Å². The zero-order valence-electron chi connectivity index (χ0n) is 13.4. The lowest BCUT2D eigenvalue weighted by Gasteiger charge is -2.09. The predicted octanol–water partition coefficient (Wildman–Crippen LogP) is 3.99. The summed E-state index contributed by atoms with van der Waals surface area (Å²) >= 11 is 1.44. The predicted molar refractivity (Wildman–Crippen MR) is 90.4 cm³/mol. The molecule has 6 heteroatoms. The zero-order valence-corrected chi connectivity index (χ0v) is 14.2. The molecule has 1 aromatic carbocycles. The lowest BCUT2D eigenvalue weighted by atomic mass is 9.97. The van der Waals surface area contributed by atoms with E-state index in [-0.39, 0.29) is 0 Å². The van der Waals surface area contributed by atoms with E-state index in [1.54, 1.807) is 11.6 Å². The summed E-state index contributed by atoms with van der Waals surface area (Å²) in [6, 6.07) is 10.5. The lowest BCUT2D eigenvalue weighted by molar-refractivity contribution is 0.183. The van der Waals surface area contributed by atoms with Crippen LogP contribution >= 0.6 is 11.3 Å². The largest absolute Gasteiger partial charge is 0.377 e. The smallest absolute Gasteiger partial charge is 0.214 e. The molecule has 2 aromatic heterocycles. The molecule has 5 nitrogen and oxygen atoms in total. The zero-order chi connectivity index (χ0) is 16.4. The fourth-order valence-corrected chi connectivity index (χ4v) is 3.34. The van der Waals surface area contributed by atoms with Gasteiger partial charge >= 0.3 is 0 Å². The molecule has 3 rings (SSSR count). The number of benzene rings is 1. The van der Waals surface area contributed by atoms with E-state index in [1.807, 2.05) is 12.1 Å². The van der Waals surface area contributed by atoms with Crippen LogP contribution in [0.3, 0.4) is 0 Å². The highest BCUT2D eigenvalue weighted by molar-refractivity contribution is 7.16. The van der Waals surface area contributed by atoms with Gasteiger partial charge in [-0.1, -0.05) is 49.4 Å². The van der Waals surface area contributed by atoms with Gasteiger partial charge in [-0.3, -0.25) is 0 Å². The van der Waals surface area contributed by atoms with Crippen LogP contribution < -0.4 is 0 Å². The quantitative estimate of drug-likeness (QED) is 0.711. The van der Waals surface area contributed by atoms with Crippen molar-refractivity contribution in [2.75, 3.05) is 7.11 Å². The van der Waals surface area contributed by atoms with Crippen molar-refractivity contribution in [1.82, 2.24) is 14.6 Å². The second-order valence-electron chi connectivity index (χ2n) is 5.48. The van der Waals surface area contributed by atoms with Gasteiger partial charge < -0.3 is 4.74 Å². The highest BCUT2D eigenvalue weighted by atomic mass is 32.1. The number of hydrogen-bond acceptors (Lipinski definition) is 5. The first kappa shape index (κ1) is 15.7. The molecule has 23 heavy (non-hydrogen) atoms. The van der Waals surface area contributed by atoms with Crippen LogP contribution in [0.1, 0.15) is 42.5 Å². The maximum absolute atomic E-state index is 9.51. The Morgan fingerprint density at radius 1 is 1.35 bits per heavy atom. The molecule has 0 spiro atoms. The number of ether oxygens (including phenoxy) is 1. The molecule has 0 saturated heterocycles. The van der Waals surface area contributed by atoms with Crippen LogP contribution in [0.2, 0.25) is 0 Å². The second kappa shape index (κ2) is 6.49. The Balaban J connectivity index is 2.02. The molecular formula is C17H18N4OS. The van der Waals surface area contributed by atoms with Gasteiger partial charge in [0.1, 0.15) is 16.8 Å². The van der Waals surface area contributed by atoms with Crippen molar-refractivity contribution in [2.45, 2.75) is 32.8 Å². The number of nitriles is 1.